The van der Waals surface area contributed by atoms with E-state index in [1.165, 1.54) is 11.8 Å². The highest BCUT2D eigenvalue weighted by atomic mass is 32.2. The number of hydrogen-bond donors (Lipinski definition) is 2. The maximum Gasteiger partial charge on any atom is 0.230 e. The standard InChI is InChI=1S/C19H19N3O2S/c1-24-16-9-7-15(8-10-16)17-12-21-19(22-17)25-13-18(23)20-11-14-5-3-2-4-6-14/h2-10,12H,11,13H2,1H3,(H,20,23)(H,21,22). The van der Waals surface area contributed by atoms with E-state index < -0.39 is 0 Å². The van der Waals surface area contributed by atoms with Crippen LogP contribution in [0, 0.1) is 0 Å². The van der Waals surface area contributed by atoms with Crippen LogP contribution in [0.4, 0.5) is 0 Å². The van der Waals surface area contributed by atoms with Crippen molar-refractivity contribution in [1.29, 1.82) is 0 Å². The summed E-state index contributed by atoms with van der Waals surface area (Å²) < 4.78 is 5.16. The molecule has 0 saturated carbocycles. The zero-order chi connectivity index (χ0) is 17.5. The van der Waals surface area contributed by atoms with E-state index in [-0.39, 0.29) is 5.91 Å². The van der Waals surface area contributed by atoms with Crippen LogP contribution in [-0.2, 0) is 11.3 Å². The van der Waals surface area contributed by atoms with Crippen molar-refractivity contribution >= 4 is 17.7 Å². The predicted octanol–water partition coefficient (Wildman–Crippen LogP) is 3.49. The quantitative estimate of drug-likeness (QED) is 0.638. The van der Waals surface area contributed by atoms with Crippen LogP contribution >= 0.6 is 11.8 Å². The van der Waals surface area contributed by atoms with Crippen LogP contribution in [0.1, 0.15) is 5.56 Å². The summed E-state index contributed by atoms with van der Waals surface area (Å²) in [4.78, 5) is 19.5. The molecule has 5 nitrogen and oxygen atoms in total. The molecule has 128 valence electrons. The summed E-state index contributed by atoms with van der Waals surface area (Å²) in [5, 5.41) is 3.63. The van der Waals surface area contributed by atoms with Crippen LogP contribution in [0.3, 0.4) is 0 Å². The van der Waals surface area contributed by atoms with Crippen LogP contribution in [0.2, 0.25) is 0 Å². The molecule has 2 N–H and O–H groups in total. The highest BCUT2D eigenvalue weighted by Gasteiger charge is 2.07. The fourth-order valence-electron chi connectivity index (χ4n) is 2.28. The molecule has 0 spiro atoms. The molecule has 0 atom stereocenters. The first kappa shape index (κ1) is 17.1. The van der Waals surface area contributed by atoms with Crippen LogP contribution in [0.15, 0.2) is 66.0 Å². The summed E-state index contributed by atoms with van der Waals surface area (Å²) in [6, 6.07) is 17.6. The van der Waals surface area contributed by atoms with Crippen molar-refractivity contribution in [2.45, 2.75) is 11.7 Å². The minimum atomic E-state index is -0.0174. The number of carbonyl (C=O) groups is 1. The molecule has 3 rings (SSSR count). The van der Waals surface area contributed by atoms with Crippen molar-refractivity contribution in [2.75, 3.05) is 12.9 Å². The second kappa shape index (κ2) is 8.39. The van der Waals surface area contributed by atoms with Gasteiger partial charge in [-0.1, -0.05) is 42.1 Å². The Kier molecular flexibility index (Phi) is 5.74. The van der Waals surface area contributed by atoms with Gasteiger partial charge in [0.1, 0.15) is 5.75 Å². The number of hydrogen-bond acceptors (Lipinski definition) is 4. The number of imidazole rings is 1. The lowest BCUT2D eigenvalue weighted by Crippen LogP contribution is -2.24. The largest absolute Gasteiger partial charge is 0.497 e. The Hall–Kier alpha value is -2.73. The van der Waals surface area contributed by atoms with Crippen LogP contribution < -0.4 is 10.1 Å². The average molecular weight is 353 g/mol. The molecular formula is C19H19N3O2S. The van der Waals surface area contributed by atoms with Gasteiger partial charge in [-0.05, 0) is 35.4 Å². The van der Waals surface area contributed by atoms with E-state index in [1.54, 1.807) is 13.3 Å². The van der Waals surface area contributed by atoms with E-state index in [0.29, 0.717) is 12.3 Å². The number of nitrogens with one attached hydrogen (secondary N) is 2. The van der Waals surface area contributed by atoms with Gasteiger partial charge in [-0.15, -0.1) is 0 Å². The SMILES string of the molecule is COc1ccc(-c2cnc(SCC(=O)NCc3ccccc3)[nH]2)cc1. The molecule has 0 fully saturated rings. The Morgan fingerprint density at radius 3 is 2.64 bits per heavy atom. The van der Waals surface area contributed by atoms with E-state index in [1.807, 2.05) is 54.6 Å². The molecule has 0 aliphatic heterocycles. The normalized spacial score (nSPS) is 10.4. The number of benzene rings is 2. The monoisotopic (exact) mass is 353 g/mol. The van der Waals surface area contributed by atoms with E-state index in [2.05, 4.69) is 15.3 Å². The number of aromatic nitrogens is 2. The van der Waals surface area contributed by atoms with Crippen LogP contribution in [-0.4, -0.2) is 28.7 Å². The molecule has 1 aromatic heterocycles. The number of nitrogens with zero attached hydrogens (tertiary/aromatic N) is 1. The fraction of sp³-hybridized carbons (Fsp3) is 0.158. The second-order valence-corrected chi connectivity index (χ2v) is 6.35. The number of carbonyl (C=O) groups excluding carboxylic acids is 1. The lowest BCUT2D eigenvalue weighted by Gasteiger charge is -2.04. The summed E-state index contributed by atoms with van der Waals surface area (Å²) in [6.07, 6.45) is 1.77. The van der Waals surface area contributed by atoms with E-state index in [4.69, 9.17) is 4.74 Å². The van der Waals surface area contributed by atoms with E-state index in [9.17, 15) is 4.79 Å². The summed E-state index contributed by atoms with van der Waals surface area (Å²) in [5.74, 6) is 1.12. The van der Waals surface area contributed by atoms with Crippen LogP contribution in [0.25, 0.3) is 11.3 Å². The Morgan fingerprint density at radius 1 is 1.16 bits per heavy atom. The molecule has 1 amide bonds. The molecule has 2 aromatic carbocycles. The summed E-state index contributed by atoms with van der Waals surface area (Å²) >= 11 is 1.38. The van der Waals surface area contributed by atoms with Gasteiger partial charge in [0.2, 0.25) is 5.91 Å². The van der Waals surface area contributed by atoms with Crippen molar-refractivity contribution < 1.29 is 9.53 Å². The zero-order valence-corrected chi connectivity index (χ0v) is 14.7. The molecular weight excluding hydrogens is 334 g/mol. The minimum Gasteiger partial charge on any atom is -0.497 e. The Morgan fingerprint density at radius 2 is 1.92 bits per heavy atom. The number of thioether (sulfide) groups is 1. The van der Waals surface area contributed by atoms with Gasteiger partial charge in [-0.3, -0.25) is 4.79 Å². The maximum absolute atomic E-state index is 11.9. The van der Waals surface area contributed by atoms with Gasteiger partial charge in [-0.25, -0.2) is 4.98 Å². The van der Waals surface area contributed by atoms with Crippen molar-refractivity contribution in [1.82, 2.24) is 15.3 Å². The zero-order valence-electron chi connectivity index (χ0n) is 13.9. The van der Waals surface area contributed by atoms with Crippen LogP contribution in [0.5, 0.6) is 5.75 Å². The second-order valence-electron chi connectivity index (χ2n) is 5.38. The number of rotatable bonds is 7. The number of aromatic amines is 1. The number of methoxy groups -OCH3 is 1. The first-order chi connectivity index (χ1) is 12.2. The smallest absolute Gasteiger partial charge is 0.230 e. The Balaban J connectivity index is 1.50. The van der Waals surface area contributed by atoms with E-state index in [0.717, 1.165) is 27.7 Å². The third-order valence-corrected chi connectivity index (χ3v) is 4.51. The lowest BCUT2D eigenvalue weighted by molar-refractivity contribution is -0.118. The van der Waals surface area contributed by atoms with Gasteiger partial charge < -0.3 is 15.0 Å². The van der Waals surface area contributed by atoms with Crippen molar-refractivity contribution in [3.8, 4) is 17.0 Å². The van der Waals surface area contributed by atoms with E-state index >= 15 is 0 Å². The summed E-state index contributed by atoms with van der Waals surface area (Å²) in [5.41, 5.74) is 3.02. The van der Waals surface area contributed by atoms with Crippen molar-refractivity contribution in [2.24, 2.45) is 0 Å². The molecule has 0 aliphatic rings. The third-order valence-electron chi connectivity index (χ3n) is 3.63. The highest BCUT2D eigenvalue weighted by Crippen LogP contribution is 2.23. The first-order valence-corrected chi connectivity index (χ1v) is 8.86. The molecule has 25 heavy (non-hydrogen) atoms. The molecule has 1 heterocycles. The molecule has 0 saturated heterocycles. The van der Waals surface area contributed by atoms with Gasteiger partial charge in [0.25, 0.3) is 0 Å². The van der Waals surface area contributed by atoms with Gasteiger partial charge >= 0.3 is 0 Å². The minimum absolute atomic E-state index is 0.0174. The first-order valence-electron chi connectivity index (χ1n) is 7.87. The topological polar surface area (TPSA) is 67.0 Å². The summed E-state index contributed by atoms with van der Waals surface area (Å²) in [7, 11) is 1.64. The molecule has 0 aliphatic carbocycles. The number of amides is 1. The van der Waals surface area contributed by atoms with Gasteiger partial charge in [-0.2, -0.15) is 0 Å². The molecule has 6 heteroatoms. The fourth-order valence-corrected chi connectivity index (χ4v) is 2.95. The van der Waals surface area contributed by atoms with Crippen molar-refractivity contribution in [3.63, 3.8) is 0 Å². The Bertz CT molecular complexity index is 816. The lowest BCUT2D eigenvalue weighted by atomic mass is 10.2. The van der Waals surface area contributed by atoms with Crippen molar-refractivity contribution in [3.05, 3.63) is 66.4 Å². The maximum atomic E-state index is 11.9. The summed E-state index contributed by atoms with van der Waals surface area (Å²) in [6.45, 7) is 0.537. The molecule has 0 unspecified atom stereocenters. The molecule has 0 radical (unpaired) electrons. The average Bonchev–Trinajstić information content (AvgIpc) is 3.14. The van der Waals surface area contributed by atoms with Gasteiger partial charge in [0, 0.05) is 6.54 Å². The molecule has 0 bridgehead atoms. The van der Waals surface area contributed by atoms with Gasteiger partial charge in [0.05, 0.1) is 24.8 Å². The number of ether oxygens (including phenoxy) is 1. The molecule has 3 aromatic rings. The number of H-pyrrole nitrogens is 1. The third kappa shape index (κ3) is 4.87. The van der Waals surface area contributed by atoms with Gasteiger partial charge in [0.15, 0.2) is 5.16 Å². The Labute approximate surface area is 150 Å². The predicted molar refractivity (Wildman–Crippen MR) is 99.6 cm³/mol. The highest BCUT2D eigenvalue weighted by molar-refractivity contribution is 7.99.